The van der Waals surface area contributed by atoms with Crippen LogP contribution < -0.4 is 0 Å². The highest BCUT2D eigenvalue weighted by Crippen LogP contribution is 2.18. The lowest BCUT2D eigenvalue weighted by Crippen LogP contribution is -2.31. The van der Waals surface area contributed by atoms with Crippen LogP contribution in [-0.2, 0) is 25.9 Å². The number of hydrogen-bond donors (Lipinski definition) is 0. The first-order valence-electron chi connectivity index (χ1n) is 7.31. The highest BCUT2D eigenvalue weighted by molar-refractivity contribution is 5.21. The van der Waals surface area contributed by atoms with Crippen molar-refractivity contribution in [1.82, 2.24) is 19.9 Å². The van der Waals surface area contributed by atoms with Crippen LogP contribution in [0.5, 0.6) is 0 Å². The lowest BCUT2D eigenvalue weighted by Gasteiger charge is -2.27. The molecule has 0 spiro atoms. The monoisotopic (exact) mass is 268 g/mol. The highest BCUT2D eigenvalue weighted by atomic mass is 15.1. The molecule has 0 unspecified atom stereocenters. The molecule has 1 aliphatic rings. The molecule has 0 N–H and O–H groups in total. The number of aromatic nitrogens is 3. The van der Waals surface area contributed by atoms with Gasteiger partial charge in [-0.05, 0) is 30.5 Å². The van der Waals surface area contributed by atoms with Crippen molar-refractivity contribution in [2.24, 2.45) is 0 Å². The van der Waals surface area contributed by atoms with E-state index in [0.717, 1.165) is 50.4 Å². The minimum Gasteiger partial charge on any atom is -0.291 e. The van der Waals surface area contributed by atoms with Crippen molar-refractivity contribution in [3.63, 3.8) is 0 Å². The van der Waals surface area contributed by atoms with Crippen LogP contribution in [0.3, 0.4) is 0 Å². The molecule has 4 heteroatoms. The summed E-state index contributed by atoms with van der Waals surface area (Å²) in [6.07, 6.45) is 6.97. The zero-order valence-electron chi connectivity index (χ0n) is 11.9. The molecule has 20 heavy (non-hydrogen) atoms. The molecule has 104 valence electrons. The van der Waals surface area contributed by atoms with Gasteiger partial charge in [0.15, 0.2) is 0 Å². The molecule has 1 aliphatic heterocycles. The van der Waals surface area contributed by atoms with Gasteiger partial charge < -0.3 is 0 Å². The van der Waals surface area contributed by atoms with Crippen molar-refractivity contribution in [3.05, 3.63) is 53.4 Å². The van der Waals surface area contributed by atoms with Gasteiger partial charge in [-0.25, -0.2) is 9.97 Å². The molecule has 3 rings (SSSR count). The van der Waals surface area contributed by atoms with Crippen molar-refractivity contribution in [2.45, 2.75) is 39.3 Å². The van der Waals surface area contributed by atoms with Crippen molar-refractivity contribution in [2.75, 3.05) is 6.54 Å². The molecular formula is C16H20N4. The van der Waals surface area contributed by atoms with Crippen molar-refractivity contribution >= 4 is 0 Å². The molecule has 0 atom stereocenters. The Labute approximate surface area is 119 Å². The van der Waals surface area contributed by atoms with E-state index in [2.05, 4.69) is 27.9 Å². The third-order valence-electron chi connectivity index (χ3n) is 3.66. The van der Waals surface area contributed by atoms with E-state index in [1.54, 1.807) is 0 Å². The topological polar surface area (TPSA) is 41.9 Å². The summed E-state index contributed by atoms with van der Waals surface area (Å²) in [5, 5.41) is 0. The zero-order chi connectivity index (χ0) is 13.8. The van der Waals surface area contributed by atoms with Crippen LogP contribution in [0.15, 0.2) is 30.6 Å². The summed E-state index contributed by atoms with van der Waals surface area (Å²) in [5.41, 5.74) is 3.63. The molecule has 3 heterocycles. The van der Waals surface area contributed by atoms with Crippen LogP contribution in [0.2, 0.25) is 0 Å². The second-order valence-electron chi connectivity index (χ2n) is 5.29. The Morgan fingerprint density at radius 1 is 1.25 bits per heavy atom. The van der Waals surface area contributed by atoms with Gasteiger partial charge >= 0.3 is 0 Å². The molecule has 2 aromatic heterocycles. The fourth-order valence-electron chi connectivity index (χ4n) is 2.60. The largest absolute Gasteiger partial charge is 0.291 e. The summed E-state index contributed by atoms with van der Waals surface area (Å²) < 4.78 is 0. The number of rotatable bonds is 4. The normalized spacial score (nSPS) is 15.1. The molecule has 0 saturated carbocycles. The predicted molar refractivity (Wildman–Crippen MR) is 78.1 cm³/mol. The van der Waals surface area contributed by atoms with Crippen LogP contribution in [-0.4, -0.2) is 26.4 Å². The van der Waals surface area contributed by atoms with Crippen LogP contribution in [0, 0.1) is 0 Å². The van der Waals surface area contributed by atoms with Crippen molar-refractivity contribution in [3.8, 4) is 0 Å². The maximum absolute atomic E-state index is 4.72. The average Bonchev–Trinajstić information content (AvgIpc) is 2.48. The van der Waals surface area contributed by atoms with Gasteiger partial charge in [0, 0.05) is 38.4 Å². The molecule has 0 saturated heterocycles. The summed E-state index contributed by atoms with van der Waals surface area (Å²) >= 11 is 0. The minimum atomic E-state index is 0.896. The number of nitrogens with zero attached hydrogens (tertiary/aromatic N) is 4. The standard InChI is InChI=1S/C16H20N4/c1-2-5-16-18-10-13-7-9-20(12-15(13)19-16)11-14-6-3-4-8-17-14/h3-4,6,8,10H,2,5,7,9,11-12H2,1H3. The SMILES string of the molecule is CCCc1ncc2c(n1)CN(Cc1ccccn1)CC2. The van der Waals surface area contributed by atoms with E-state index < -0.39 is 0 Å². The predicted octanol–water partition coefficient (Wildman–Crippen LogP) is 2.38. The second kappa shape index (κ2) is 6.09. The number of hydrogen-bond acceptors (Lipinski definition) is 4. The van der Waals surface area contributed by atoms with Crippen molar-refractivity contribution in [1.29, 1.82) is 0 Å². The van der Waals surface area contributed by atoms with Crippen molar-refractivity contribution < 1.29 is 0 Å². The molecular weight excluding hydrogens is 248 g/mol. The van der Waals surface area contributed by atoms with Gasteiger partial charge in [0.2, 0.25) is 0 Å². The Morgan fingerprint density at radius 2 is 2.20 bits per heavy atom. The van der Waals surface area contributed by atoms with Crippen LogP contribution >= 0.6 is 0 Å². The molecule has 0 radical (unpaired) electrons. The quantitative estimate of drug-likeness (QED) is 0.854. The van der Waals surface area contributed by atoms with E-state index >= 15 is 0 Å². The molecule has 2 aromatic rings. The van der Waals surface area contributed by atoms with Gasteiger partial charge in [-0.15, -0.1) is 0 Å². The number of fused-ring (bicyclic) bond motifs is 1. The maximum Gasteiger partial charge on any atom is 0.128 e. The Kier molecular flexibility index (Phi) is 4.02. The summed E-state index contributed by atoms with van der Waals surface area (Å²) in [7, 11) is 0. The first-order chi connectivity index (χ1) is 9.85. The van der Waals surface area contributed by atoms with E-state index in [1.165, 1.54) is 11.3 Å². The van der Waals surface area contributed by atoms with E-state index in [9.17, 15) is 0 Å². The van der Waals surface area contributed by atoms with Gasteiger partial charge in [0.05, 0.1) is 11.4 Å². The van der Waals surface area contributed by atoms with Gasteiger partial charge in [0.1, 0.15) is 5.82 Å². The fraction of sp³-hybridized carbons (Fsp3) is 0.438. The van der Waals surface area contributed by atoms with E-state index in [4.69, 9.17) is 4.98 Å². The summed E-state index contributed by atoms with van der Waals surface area (Å²) in [5.74, 6) is 0.978. The summed E-state index contributed by atoms with van der Waals surface area (Å²) in [6, 6.07) is 6.08. The third kappa shape index (κ3) is 3.02. The molecule has 0 amide bonds. The third-order valence-corrected chi connectivity index (χ3v) is 3.66. The van der Waals surface area contributed by atoms with Crippen LogP contribution in [0.4, 0.5) is 0 Å². The van der Waals surface area contributed by atoms with Gasteiger partial charge in [0.25, 0.3) is 0 Å². The maximum atomic E-state index is 4.72. The highest BCUT2D eigenvalue weighted by Gasteiger charge is 2.18. The van der Waals surface area contributed by atoms with E-state index in [-0.39, 0.29) is 0 Å². The number of pyridine rings is 1. The van der Waals surface area contributed by atoms with Gasteiger partial charge in [-0.2, -0.15) is 0 Å². The molecule has 0 bridgehead atoms. The number of aryl methyl sites for hydroxylation is 1. The second-order valence-corrected chi connectivity index (χ2v) is 5.29. The Morgan fingerprint density at radius 3 is 3.00 bits per heavy atom. The Hall–Kier alpha value is -1.81. The van der Waals surface area contributed by atoms with E-state index in [1.807, 2.05) is 24.5 Å². The Balaban J connectivity index is 1.72. The first kappa shape index (κ1) is 13.2. The van der Waals surface area contributed by atoms with E-state index in [0.29, 0.717) is 0 Å². The molecule has 0 aromatic carbocycles. The lowest BCUT2D eigenvalue weighted by atomic mass is 10.1. The first-order valence-corrected chi connectivity index (χ1v) is 7.31. The smallest absolute Gasteiger partial charge is 0.128 e. The van der Waals surface area contributed by atoms with Gasteiger partial charge in [-0.3, -0.25) is 9.88 Å². The van der Waals surface area contributed by atoms with Gasteiger partial charge in [-0.1, -0.05) is 13.0 Å². The van der Waals surface area contributed by atoms with Crippen LogP contribution in [0.1, 0.15) is 36.1 Å². The average molecular weight is 268 g/mol. The molecule has 4 nitrogen and oxygen atoms in total. The zero-order valence-corrected chi connectivity index (χ0v) is 11.9. The van der Waals surface area contributed by atoms with Crippen LogP contribution in [0.25, 0.3) is 0 Å². The molecule has 0 aliphatic carbocycles. The molecule has 0 fully saturated rings. The lowest BCUT2D eigenvalue weighted by molar-refractivity contribution is 0.238. The minimum absolute atomic E-state index is 0.896. The Bertz CT molecular complexity index is 568. The fourth-order valence-corrected chi connectivity index (χ4v) is 2.60. The summed E-state index contributed by atoms with van der Waals surface area (Å²) in [6.45, 7) is 5.02. The summed E-state index contributed by atoms with van der Waals surface area (Å²) in [4.78, 5) is 16.0.